The molecule has 0 saturated carbocycles. The van der Waals surface area contributed by atoms with Crippen LogP contribution in [0.3, 0.4) is 0 Å². The Morgan fingerprint density at radius 3 is 2.19 bits per heavy atom. The molecule has 0 atom stereocenters. The lowest BCUT2D eigenvalue weighted by molar-refractivity contribution is 0.104. The number of ether oxygens (including phenoxy) is 1. The first-order valence-corrected chi connectivity index (χ1v) is 11.0. The first kappa shape index (κ1) is 18.5. The number of aryl methyl sites for hydroxylation is 1. The molecule has 2 aromatic carbocycles. The Balaban J connectivity index is 1.86. The zero-order valence-corrected chi connectivity index (χ0v) is 16.6. The minimum absolute atomic E-state index is 0.0565. The number of hydrogen-bond acceptors (Lipinski definition) is 6. The van der Waals surface area contributed by atoms with E-state index in [-0.39, 0.29) is 19.6 Å². The van der Waals surface area contributed by atoms with E-state index in [0.29, 0.717) is 27.7 Å². The molecule has 0 saturated heterocycles. The van der Waals surface area contributed by atoms with Crippen molar-refractivity contribution in [1.82, 2.24) is 0 Å². The van der Waals surface area contributed by atoms with Gasteiger partial charge in [0.25, 0.3) is 0 Å². The Bertz CT molecular complexity index is 1120. The van der Waals surface area contributed by atoms with Gasteiger partial charge in [-0.25, -0.2) is 17.2 Å². The zero-order chi connectivity index (χ0) is 19.5. The van der Waals surface area contributed by atoms with Crippen molar-refractivity contribution < 1.29 is 26.7 Å². The van der Waals surface area contributed by atoms with Gasteiger partial charge in [0, 0.05) is 15.4 Å². The summed E-state index contributed by atoms with van der Waals surface area (Å²) in [4.78, 5) is 13.2. The van der Waals surface area contributed by atoms with E-state index in [9.17, 15) is 22.0 Å². The second kappa shape index (κ2) is 6.35. The molecule has 0 spiro atoms. The second-order valence-electron chi connectivity index (χ2n) is 5.91. The maximum absolute atomic E-state index is 13.5. The van der Waals surface area contributed by atoms with Crippen LogP contribution in [0.4, 0.5) is 8.78 Å². The van der Waals surface area contributed by atoms with Gasteiger partial charge in [-0.3, -0.25) is 4.79 Å². The average molecular weight is 426 g/mol. The molecule has 0 unspecified atom stereocenters. The molecule has 27 heavy (non-hydrogen) atoms. The maximum Gasteiger partial charge on any atom is 0.212 e. The van der Waals surface area contributed by atoms with Crippen molar-refractivity contribution in [2.45, 2.75) is 28.5 Å². The van der Waals surface area contributed by atoms with Gasteiger partial charge in [-0.15, -0.1) is 0 Å². The maximum atomic E-state index is 13.5. The van der Waals surface area contributed by atoms with E-state index in [2.05, 4.69) is 0 Å². The van der Waals surface area contributed by atoms with Crippen molar-refractivity contribution in [3.05, 3.63) is 56.2 Å². The molecule has 2 heterocycles. The van der Waals surface area contributed by atoms with E-state index in [1.807, 2.05) is 0 Å². The summed E-state index contributed by atoms with van der Waals surface area (Å²) < 4.78 is 58.6. The van der Waals surface area contributed by atoms with E-state index < -0.39 is 27.3 Å². The first-order chi connectivity index (χ1) is 12.7. The number of allylic oxidation sites excluding steroid dienone is 1. The summed E-state index contributed by atoms with van der Waals surface area (Å²) in [7, 11) is -4.03. The molecule has 0 bridgehead atoms. The molecule has 2 aromatic rings. The van der Waals surface area contributed by atoms with Crippen molar-refractivity contribution in [2.75, 3.05) is 6.61 Å². The monoisotopic (exact) mass is 426 g/mol. The summed E-state index contributed by atoms with van der Waals surface area (Å²) in [5.74, 6) is -2.22. The number of sulfone groups is 1. The van der Waals surface area contributed by atoms with Gasteiger partial charge in [-0.05, 0) is 43.7 Å². The molecule has 0 N–H and O–H groups in total. The molecule has 2 aliphatic heterocycles. The standard InChI is InChI=1S/C18H12F2O4S3/c1-3-24-12-5-9-15(4-8(12)2)27(22,23)17(16(9)21)18-25-13-6-10(19)11(20)7-14(13)26-18/h4-7H,3H2,1-2H3. The molecule has 140 valence electrons. The molecule has 4 nitrogen and oxygen atoms in total. The Kier molecular flexibility index (Phi) is 4.36. The van der Waals surface area contributed by atoms with E-state index in [1.54, 1.807) is 13.8 Å². The molecular weight excluding hydrogens is 414 g/mol. The van der Waals surface area contributed by atoms with Crippen LogP contribution < -0.4 is 4.74 Å². The van der Waals surface area contributed by atoms with Crippen molar-refractivity contribution in [3.8, 4) is 5.75 Å². The summed E-state index contributed by atoms with van der Waals surface area (Å²) in [6, 6.07) is 4.88. The van der Waals surface area contributed by atoms with Crippen LogP contribution in [0.1, 0.15) is 22.8 Å². The topological polar surface area (TPSA) is 60.4 Å². The van der Waals surface area contributed by atoms with Gasteiger partial charge in [0.1, 0.15) is 10.7 Å². The number of carbonyl (C=O) groups is 1. The van der Waals surface area contributed by atoms with Crippen molar-refractivity contribution >= 4 is 39.1 Å². The summed E-state index contributed by atoms with van der Waals surface area (Å²) in [6.45, 7) is 3.88. The van der Waals surface area contributed by atoms with E-state index in [1.165, 1.54) is 12.1 Å². The Morgan fingerprint density at radius 1 is 1.04 bits per heavy atom. The van der Waals surface area contributed by atoms with Crippen LogP contribution in [0.15, 0.2) is 48.1 Å². The molecule has 0 amide bonds. The fraction of sp³-hybridized carbons (Fsp3) is 0.167. The summed E-state index contributed by atoms with van der Waals surface area (Å²) in [5, 5.41) is 0. The van der Waals surface area contributed by atoms with Gasteiger partial charge in [0.05, 0.1) is 15.7 Å². The highest BCUT2D eigenvalue weighted by molar-refractivity contribution is 8.25. The van der Waals surface area contributed by atoms with E-state index in [0.717, 1.165) is 35.7 Å². The fourth-order valence-electron chi connectivity index (χ4n) is 2.91. The lowest BCUT2D eigenvalue weighted by Crippen LogP contribution is -2.03. The third kappa shape index (κ3) is 2.79. The minimum Gasteiger partial charge on any atom is -0.494 e. The van der Waals surface area contributed by atoms with E-state index >= 15 is 0 Å². The lowest BCUT2D eigenvalue weighted by Gasteiger charge is -2.08. The number of Topliss-reactive ketones (excluding diaryl/α,β-unsaturated/α-hetero) is 1. The summed E-state index contributed by atoms with van der Waals surface area (Å²) >= 11 is 1.91. The molecule has 9 heteroatoms. The minimum atomic E-state index is -4.03. The number of thioether (sulfide) groups is 2. The van der Waals surface area contributed by atoms with Crippen LogP contribution in [0, 0.1) is 18.6 Å². The molecule has 0 aromatic heterocycles. The van der Waals surface area contributed by atoms with Crippen LogP contribution in [0.25, 0.3) is 0 Å². The van der Waals surface area contributed by atoms with Crippen LogP contribution >= 0.6 is 23.5 Å². The number of fused-ring (bicyclic) bond motifs is 2. The predicted octanol–water partition coefficient (Wildman–Crippen LogP) is 4.71. The largest absolute Gasteiger partial charge is 0.494 e. The Labute approximate surface area is 162 Å². The van der Waals surface area contributed by atoms with Gasteiger partial charge in [-0.1, -0.05) is 23.5 Å². The Hall–Kier alpha value is -1.84. The third-order valence-corrected chi connectivity index (χ3v) is 8.79. The number of carbonyl (C=O) groups excluding carboxylic acids is 1. The lowest BCUT2D eigenvalue weighted by atomic mass is 10.1. The van der Waals surface area contributed by atoms with Crippen LogP contribution in [0.5, 0.6) is 5.75 Å². The molecule has 0 aliphatic carbocycles. The van der Waals surface area contributed by atoms with Crippen LogP contribution in [0.2, 0.25) is 0 Å². The molecule has 0 fully saturated rings. The van der Waals surface area contributed by atoms with Gasteiger partial charge >= 0.3 is 0 Å². The van der Waals surface area contributed by atoms with Crippen LogP contribution in [-0.4, -0.2) is 20.8 Å². The smallest absolute Gasteiger partial charge is 0.212 e. The molecular formula is C18H12F2O4S3. The van der Waals surface area contributed by atoms with Gasteiger partial charge in [0.15, 0.2) is 11.6 Å². The van der Waals surface area contributed by atoms with Gasteiger partial charge in [0.2, 0.25) is 15.6 Å². The van der Waals surface area contributed by atoms with Crippen molar-refractivity contribution in [2.24, 2.45) is 0 Å². The van der Waals surface area contributed by atoms with Crippen LogP contribution in [-0.2, 0) is 9.84 Å². The SMILES string of the molecule is CCOc1cc2c(cc1C)S(=O)(=O)C(=C1Sc3cc(F)c(F)cc3S1)C2=O. The third-order valence-electron chi connectivity index (χ3n) is 4.16. The molecule has 4 rings (SSSR count). The highest BCUT2D eigenvalue weighted by Gasteiger charge is 2.44. The normalized spacial score (nSPS) is 17.3. The van der Waals surface area contributed by atoms with E-state index in [4.69, 9.17) is 4.74 Å². The summed E-state index contributed by atoms with van der Waals surface area (Å²) in [6.07, 6.45) is 0. The fourth-order valence-corrected chi connectivity index (χ4v) is 7.76. The second-order valence-corrected chi connectivity index (χ2v) is 10.1. The van der Waals surface area contributed by atoms with Gasteiger partial charge in [-0.2, -0.15) is 0 Å². The van der Waals surface area contributed by atoms with Crippen molar-refractivity contribution in [1.29, 1.82) is 0 Å². The quantitative estimate of drug-likeness (QED) is 0.649. The zero-order valence-electron chi connectivity index (χ0n) is 14.1. The number of hydrogen-bond donors (Lipinski definition) is 0. The molecule has 2 aliphatic rings. The summed E-state index contributed by atoms with van der Waals surface area (Å²) in [5.41, 5.74) is 0.665. The van der Waals surface area contributed by atoms with Crippen molar-refractivity contribution in [3.63, 3.8) is 0 Å². The van der Waals surface area contributed by atoms with Gasteiger partial charge < -0.3 is 4.74 Å². The number of ketones is 1. The number of rotatable bonds is 2. The predicted molar refractivity (Wildman–Crippen MR) is 99.0 cm³/mol. The number of benzene rings is 2. The average Bonchev–Trinajstić information content (AvgIpc) is 3.05. The Morgan fingerprint density at radius 2 is 1.63 bits per heavy atom. The number of halogens is 2. The molecule has 0 radical (unpaired) electrons. The highest BCUT2D eigenvalue weighted by Crippen LogP contribution is 2.55. The highest BCUT2D eigenvalue weighted by atomic mass is 32.2. The first-order valence-electron chi connectivity index (χ1n) is 7.90.